The van der Waals surface area contributed by atoms with Crippen LogP contribution in [0.4, 0.5) is 0 Å². The lowest BCUT2D eigenvalue weighted by Crippen LogP contribution is -2.38. The summed E-state index contributed by atoms with van der Waals surface area (Å²) in [4.78, 5) is 13.9. The van der Waals surface area contributed by atoms with Crippen LogP contribution in [0, 0.1) is 10.8 Å². The van der Waals surface area contributed by atoms with Gasteiger partial charge in [0, 0.05) is 5.56 Å². The topological polar surface area (TPSA) is 90.6 Å². The van der Waals surface area contributed by atoms with Crippen molar-refractivity contribution in [3.8, 4) is 5.75 Å². The Morgan fingerprint density at radius 2 is 2.03 bits per heavy atom. The van der Waals surface area contributed by atoms with Crippen molar-refractivity contribution >= 4 is 11.5 Å². The van der Waals surface area contributed by atoms with Crippen molar-refractivity contribution in [1.29, 1.82) is 5.41 Å². The number of nitrogens with one attached hydrogen (secondary N) is 1. The van der Waals surface area contributed by atoms with Gasteiger partial charge in [-0.3, -0.25) is 10.2 Å². The van der Waals surface area contributed by atoms with Gasteiger partial charge < -0.3 is 14.9 Å². The maximum absolute atomic E-state index is 13.9. The highest BCUT2D eigenvalue weighted by atomic mass is 16.5. The summed E-state index contributed by atoms with van der Waals surface area (Å²) in [6.07, 6.45) is 6.59. The van der Waals surface area contributed by atoms with E-state index in [1.807, 2.05) is 39.8 Å². The molecule has 0 aromatic heterocycles. The molecule has 0 saturated carbocycles. The lowest BCUT2D eigenvalue weighted by molar-refractivity contribution is -0.122. The highest BCUT2D eigenvalue weighted by Gasteiger charge is 2.45. The average molecular weight is 408 g/mol. The summed E-state index contributed by atoms with van der Waals surface area (Å²) in [5, 5.41) is 29.4. The first-order valence-electron chi connectivity index (χ1n) is 10.1. The van der Waals surface area contributed by atoms with Crippen LogP contribution in [-0.2, 0) is 11.4 Å². The van der Waals surface area contributed by atoms with Crippen LogP contribution >= 0.6 is 0 Å². The summed E-state index contributed by atoms with van der Waals surface area (Å²) < 4.78 is 5.96. The largest absolute Gasteiger partial charge is 0.507 e. The molecule has 1 aliphatic heterocycles. The van der Waals surface area contributed by atoms with Crippen LogP contribution in [0.3, 0.4) is 0 Å². The van der Waals surface area contributed by atoms with Gasteiger partial charge in [-0.1, -0.05) is 35.4 Å². The van der Waals surface area contributed by atoms with E-state index in [4.69, 9.17) is 10.1 Å². The summed E-state index contributed by atoms with van der Waals surface area (Å²) in [5.74, 6) is -0.0726. The second kappa shape index (κ2) is 8.44. The molecule has 0 unspecified atom stereocenters. The first-order chi connectivity index (χ1) is 14.2. The molecule has 0 amide bonds. The van der Waals surface area contributed by atoms with Crippen molar-refractivity contribution in [1.82, 2.24) is 0 Å². The molecule has 1 aromatic rings. The standard InChI is InChI=1S/C25H29NO4/c1-15(2)8-10-25-11-9-16(3)14-30-20-7-5-6-18(13-27)21(20)23(26)22(24(25)29)19(28)12-17(25)4/h5-9,12,26-28H,10-11,13-14H2,1-4H3/t25-/m0/s1. The zero-order valence-corrected chi connectivity index (χ0v) is 18.0. The third kappa shape index (κ3) is 3.77. The van der Waals surface area contributed by atoms with Crippen LogP contribution < -0.4 is 4.74 Å². The molecule has 3 rings (SSSR count). The van der Waals surface area contributed by atoms with Crippen molar-refractivity contribution in [3.63, 3.8) is 0 Å². The molecule has 30 heavy (non-hydrogen) atoms. The Hall–Kier alpha value is -2.92. The third-order valence-electron chi connectivity index (χ3n) is 5.92. The average Bonchev–Trinajstić information content (AvgIpc) is 2.71. The first kappa shape index (κ1) is 21.8. The molecule has 2 aliphatic rings. The molecule has 5 nitrogen and oxygen atoms in total. The Morgan fingerprint density at radius 3 is 2.70 bits per heavy atom. The van der Waals surface area contributed by atoms with Gasteiger partial charge in [-0.05, 0) is 63.8 Å². The SMILES string of the molecule is CC(C)=CC[C@]12CC=C(C)COc3cccc(CO)c3C(=N)C(=C(O)C=C1C)C2=O. The van der Waals surface area contributed by atoms with Gasteiger partial charge in [-0.2, -0.15) is 0 Å². The number of rotatable bonds is 3. The van der Waals surface area contributed by atoms with Crippen molar-refractivity contribution in [3.05, 3.63) is 75.6 Å². The summed E-state index contributed by atoms with van der Waals surface area (Å²) >= 11 is 0. The molecule has 2 bridgehead atoms. The molecule has 0 spiro atoms. The number of Topliss-reactive ketones (excluding diaryl/α,β-unsaturated/α-hetero) is 1. The molecule has 158 valence electrons. The molecule has 3 N–H and O–H groups in total. The number of hydrogen-bond acceptors (Lipinski definition) is 5. The van der Waals surface area contributed by atoms with E-state index in [1.165, 1.54) is 0 Å². The zero-order valence-electron chi connectivity index (χ0n) is 18.0. The van der Waals surface area contributed by atoms with Gasteiger partial charge in [0.2, 0.25) is 0 Å². The second-order valence-corrected chi connectivity index (χ2v) is 8.35. The van der Waals surface area contributed by atoms with E-state index in [-0.39, 0.29) is 29.4 Å². The number of aliphatic hydroxyl groups excluding tert-OH is 2. The van der Waals surface area contributed by atoms with Gasteiger partial charge in [0.1, 0.15) is 18.1 Å². The number of hydrogen-bond donors (Lipinski definition) is 3. The molecule has 1 heterocycles. The van der Waals surface area contributed by atoms with Crippen LogP contribution in [-0.4, -0.2) is 28.3 Å². The monoisotopic (exact) mass is 407 g/mol. The minimum atomic E-state index is -0.870. The van der Waals surface area contributed by atoms with Crippen molar-refractivity contribution in [2.24, 2.45) is 5.41 Å². The van der Waals surface area contributed by atoms with E-state index in [2.05, 4.69) is 0 Å². The Kier molecular flexibility index (Phi) is 6.13. The molecular weight excluding hydrogens is 378 g/mol. The van der Waals surface area contributed by atoms with Gasteiger partial charge in [0.25, 0.3) is 0 Å². The molecular formula is C25H29NO4. The molecule has 1 aromatic carbocycles. The Morgan fingerprint density at radius 1 is 1.30 bits per heavy atom. The number of ketones is 1. The maximum atomic E-state index is 13.9. The fourth-order valence-corrected chi connectivity index (χ4v) is 4.00. The Balaban J connectivity index is 2.29. The Labute approximate surface area is 177 Å². The predicted molar refractivity (Wildman–Crippen MR) is 118 cm³/mol. The summed E-state index contributed by atoms with van der Waals surface area (Å²) in [7, 11) is 0. The van der Waals surface area contributed by atoms with Crippen LogP contribution in [0.25, 0.3) is 0 Å². The minimum Gasteiger partial charge on any atom is -0.507 e. The van der Waals surface area contributed by atoms with Crippen molar-refractivity contribution < 1.29 is 19.7 Å². The smallest absolute Gasteiger partial charge is 0.179 e. The van der Waals surface area contributed by atoms with E-state index < -0.39 is 5.41 Å². The number of allylic oxidation sites excluding steroid dienone is 6. The third-order valence-corrected chi connectivity index (χ3v) is 5.92. The fourth-order valence-electron chi connectivity index (χ4n) is 4.00. The lowest BCUT2D eigenvalue weighted by atomic mass is 9.65. The van der Waals surface area contributed by atoms with Gasteiger partial charge in [0.15, 0.2) is 5.78 Å². The highest BCUT2D eigenvalue weighted by molar-refractivity contribution is 6.31. The minimum absolute atomic E-state index is 0.0264. The normalized spacial score (nSPS) is 21.8. The zero-order chi connectivity index (χ0) is 22.1. The quantitative estimate of drug-likeness (QED) is 0.618. The van der Waals surface area contributed by atoms with Crippen molar-refractivity contribution in [2.45, 2.75) is 47.1 Å². The summed E-state index contributed by atoms with van der Waals surface area (Å²) in [6.45, 7) is 7.81. The fraction of sp³-hybridized carbons (Fsp3) is 0.360. The van der Waals surface area contributed by atoms with Crippen LogP contribution in [0.15, 0.2) is 64.5 Å². The van der Waals surface area contributed by atoms with E-state index >= 15 is 0 Å². The number of carbonyl (C=O) groups excluding carboxylic acids is 1. The molecule has 1 atom stereocenters. The number of ether oxygens (including phenoxy) is 1. The summed E-state index contributed by atoms with van der Waals surface area (Å²) in [6, 6.07) is 5.16. The number of benzene rings is 1. The molecule has 5 heteroatoms. The predicted octanol–water partition coefficient (Wildman–Crippen LogP) is 4.96. The van der Waals surface area contributed by atoms with E-state index in [0.717, 1.165) is 16.7 Å². The van der Waals surface area contributed by atoms with Crippen molar-refractivity contribution in [2.75, 3.05) is 6.61 Å². The van der Waals surface area contributed by atoms with Gasteiger partial charge in [-0.25, -0.2) is 0 Å². The second-order valence-electron chi connectivity index (χ2n) is 8.35. The van der Waals surface area contributed by atoms with E-state index in [1.54, 1.807) is 24.3 Å². The highest BCUT2D eigenvalue weighted by Crippen LogP contribution is 2.45. The van der Waals surface area contributed by atoms with Crippen LogP contribution in [0.1, 0.15) is 51.7 Å². The van der Waals surface area contributed by atoms with Gasteiger partial charge >= 0.3 is 0 Å². The first-order valence-corrected chi connectivity index (χ1v) is 10.1. The summed E-state index contributed by atoms with van der Waals surface area (Å²) in [5.41, 5.74) is 2.65. The van der Waals surface area contributed by atoms with Crippen LogP contribution in [0.2, 0.25) is 0 Å². The van der Waals surface area contributed by atoms with Gasteiger partial charge in [-0.15, -0.1) is 0 Å². The number of aliphatic hydroxyl groups is 2. The molecule has 1 aliphatic carbocycles. The van der Waals surface area contributed by atoms with Crippen LogP contribution in [0.5, 0.6) is 5.75 Å². The van der Waals surface area contributed by atoms with Gasteiger partial charge in [0.05, 0.1) is 23.3 Å². The van der Waals surface area contributed by atoms with E-state index in [9.17, 15) is 15.0 Å². The molecule has 0 fully saturated rings. The Bertz CT molecular complexity index is 1020. The molecule has 0 saturated heterocycles. The lowest BCUT2D eigenvalue weighted by Gasteiger charge is -2.36. The number of carbonyl (C=O) groups is 1. The maximum Gasteiger partial charge on any atom is 0.179 e. The van der Waals surface area contributed by atoms with E-state index in [0.29, 0.717) is 36.3 Å². The number of fused-ring (bicyclic) bond motifs is 3. The molecule has 0 radical (unpaired) electrons.